The van der Waals surface area contributed by atoms with Crippen LogP contribution in [0.3, 0.4) is 0 Å². The number of likely N-dealkylation sites (N-methyl/N-ethyl adjacent to an activating group) is 1. The van der Waals surface area contributed by atoms with Gasteiger partial charge in [0.25, 0.3) is 0 Å². The number of aryl methyl sites for hydroxylation is 1. The number of halogens is 1. The van der Waals surface area contributed by atoms with Crippen molar-refractivity contribution in [1.29, 1.82) is 0 Å². The molecule has 0 aliphatic carbocycles. The predicted molar refractivity (Wildman–Crippen MR) is 92.6 cm³/mol. The second-order valence-electron chi connectivity index (χ2n) is 5.46. The Balaban J connectivity index is 0.00000242. The van der Waals surface area contributed by atoms with Crippen molar-refractivity contribution < 1.29 is 10.2 Å². The van der Waals surface area contributed by atoms with Crippen LogP contribution in [0.25, 0.3) is 0 Å². The van der Waals surface area contributed by atoms with Gasteiger partial charge in [0, 0.05) is 6.54 Å². The SMILES string of the molecule is CN(CCCc1cccc(O)c1)C[C@H](O)c1ccccc1.Cl. The van der Waals surface area contributed by atoms with Crippen LogP contribution in [0.15, 0.2) is 54.6 Å². The Kier molecular flexibility index (Phi) is 7.96. The number of rotatable bonds is 7. The summed E-state index contributed by atoms with van der Waals surface area (Å²) >= 11 is 0. The molecule has 0 unspecified atom stereocenters. The van der Waals surface area contributed by atoms with Gasteiger partial charge in [-0.3, -0.25) is 0 Å². The van der Waals surface area contributed by atoms with Gasteiger partial charge in [-0.2, -0.15) is 0 Å². The standard InChI is InChI=1S/C18H23NO2.ClH/c1-19(14-18(21)16-9-3-2-4-10-16)12-6-8-15-7-5-11-17(20)13-15;/h2-5,7,9-11,13,18,20-21H,6,8,12,14H2,1H3;1H/t18-;/m0./s1. The predicted octanol–water partition coefficient (Wildman–Crippen LogP) is 3.41. The van der Waals surface area contributed by atoms with Crippen molar-refractivity contribution in [3.8, 4) is 5.75 Å². The minimum atomic E-state index is -0.447. The Labute approximate surface area is 138 Å². The quantitative estimate of drug-likeness (QED) is 0.821. The molecular formula is C18H24ClNO2. The summed E-state index contributed by atoms with van der Waals surface area (Å²) in [7, 11) is 2.02. The van der Waals surface area contributed by atoms with E-state index in [1.54, 1.807) is 12.1 Å². The van der Waals surface area contributed by atoms with E-state index >= 15 is 0 Å². The number of hydrogen-bond acceptors (Lipinski definition) is 3. The number of aliphatic hydroxyl groups excluding tert-OH is 1. The van der Waals surface area contributed by atoms with Crippen LogP contribution in [-0.2, 0) is 6.42 Å². The van der Waals surface area contributed by atoms with Crippen molar-refractivity contribution in [1.82, 2.24) is 4.90 Å². The van der Waals surface area contributed by atoms with E-state index in [9.17, 15) is 10.2 Å². The monoisotopic (exact) mass is 321 g/mol. The Morgan fingerprint density at radius 3 is 2.45 bits per heavy atom. The molecule has 3 nitrogen and oxygen atoms in total. The number of aliphatic hydroxyl groups is 1. The Hall–Kier alpha value is -1.55. The summed E-state index contributed by atoms with van der Waals surface area (Å²) in [5, 5.41) is 19.6. The van der Waals surface area contributed by atoms with Crippen molar-refractivity contribution in [3.05, 3.63) is 65.7 Å². The normalized spacial score (nSPS) is 12.0. The van der Waals surface area contributed by atoms with E-state index in [0.29, 0.717) is 12.3 Å². The first-order valence-electron chi connectivity index (χ1n) is 7.34. The Morgan fingerprint density at radius 2 is 1.77 bits per heavy atom. The maximum absolute atomic E-state index is 10.2. The first-order valence-corrected chi connectivity index (χ1v) is 7.34. The molecule has 0 saturated heterocycles. The summed E-state index contributed by atoms with van der Waals surface area (Å²) in [6.07, 6.45) is 1.48. The molecular weight excluding hydrogens is 298 g/mol. The van der Waals surface area contributed by atoms with Crippen LogP contribution in [0, 0.1) is 0 Å². The average Bonchev–Trinajstić information content (AvgIpc) is 2.48. The van der Waals surface area contributed by atoms with Crippen molar-refractivity contribution in [2.45, 2.75) is 18.9 Å². The van der Waals surface area contributed by atoms with Crippen molar-refractivity contribution in [2.75, 3.05) is 20.1 Å². The number of benzene rings is 2. The van der Waals surface area contributed by atoms with Gasteiger partial charge in [0.15, 0.2) is 0 Å². The van der Waals surface area contributed by atoms with Crippen LogP contribution >= 0.6 is 12.4 Å². The molecule has 0 spiro atoms. The zero-order valence-electron chi connectivity index (χ0n) is 12.9. The van der Waals surface area contributed by atoms with Gasteiger partial charge in [-0.05, 0) is 49.7 Å². The lowest BCUT2D eigenvalue weighted by Gasteiger charge is -2.20. The van der Waals surface area contributed by atoms with Crippen LogP contribution in [-0.4, -0.2) is 35.3 Å². The zero-order chi connectivity index (χ0) is 15.1. The molecule has 4 heteroatoms. The van der Waals surface area contributed by atoms with E-state index in [1.165, 1.54) is 0 Å². The maximum atomic E-state index is 10.2. The number of nitrogens with zero attached hydrogens (tertiary/aromatic N) is 1. The van der Waals surface area contributed by atoms with E-state index in [0.717, 1.165) is 30.5 Å². The van der Waals surface area contributed by atoms with Gasteiger partial charge < -0.3 is 15.1 Å². The van der Waals surface area contributed by atoms with Gasteiger partial charge in [-0.15, -0.1) is 12.4 Å². The van der Waals surface area contributed by atoms with E-state index in [-0.39, 0.29) is 12.4 Å². The molecule has 0 heterocycles. The van der Waals surface area contributed by atoms with Crippen LogP contribution in [0.4, 0.5) is 0 Å². The molecule has 2 N–H and O–H groups in total. The second-order valence-corrected chi connectivity index (χ2v) is 5.46. The third-order valence-electron chi connectivity index (χ3n) is 3.58. The topological polar surface area (TPSA) is 43.7 Å². The average molecular weight is 322 g/mol. The van der Waals surface area contributed by atoms with Gasteiger partial charge in [0.2, 0.25) is 0 Å². The molecule has 1 atom stereocenters. The second kappa shape index (κ2) is 9.46. The summed E-state index contributed by atoms with van der Waals surface area (Å²) in [5.41, 5.74) is 2.10. The molecule has 0 aliphatic rings. The number of hydrogen-bond donors (Lipinski definition) is 2. The molecule has 0 aromatic heterocycles. The van der Waals surface area contributed by atoms with E-state index in [1.807, 2.05) is 49.5 Å². The van der Waals surface area contributed by atoms with E-state index in [2.05, 4.69) is 4.90 Å². The van der Waals surface area contributed by atoms with Crippen molar-refractivity contribution in [3.63, 3.8) is 0 Å². The molecule has 0 bridgehead atoms. The molecule has 0 amide bonds. The Morgan fingerprint density at radius 1 is 1.05 bits per heavy atom. The lowest BCUT2D eigenvalue weighted by molar-refractivity contribution is 0.126. The van der Waals surface area contributed by atoms with Crippen LogP contribution < -0.4 is 0 Å². The zero-order valence-corrected chi connectivity index (χ0v) is 13.7. The summed E-state index contributed by atoms with van der Waals surface area (Å²) in [6.45, 7) is 1.55. The molecule has 0 aliphatic heterocycles. The number of phenolic OH excluding ortho intramolecular Hbond substituents is 1. The highest BCUT2D eigenvalue weighted by atomic mass is 35.5. The fourth-order valence-corrected chi connectivity index (χ4v) is 2.43. The Bertz CT molecular complexity index is 548. The van der Waals surface area contributed by atoms with Crippen molar-refractivity contribution >= 4 is 12.4 Å². The summed E-state index contributed by atoms with van der Waals surface area (Å²) in [5.74, 6) is 0.320. The van der Waals surface area contributed by atoms with Gasteiger partial charge in [-0.25, -0.2) is 0 Å². The minimum absolute atomic E-state index is 0. The highest BCUT2D eigenvalue weighted by Crippen LogP contribution is 2.15. The van der Waals surface area contributed by atoms with Gasteiger partial charge in [0.05, 0.1) is 6.10 Å². The number of aromatic hydroxyl groups is 1. The molecule has 0 radical (unpaired) electrons. The lowest BCUT2D eigenvalue weighted by Crippen LogP contribution is -2.26. The van der Waals surface area contributed by atoms with Crippen LogP contribution in [0.2, 0.25) is 0 Å². The highest BCUT2D eigenvalue weighted by molar-refractivity contribution is 5.85. The molecule has 22 heavy (non-hydrogen) atoms. The van der Waals surface area contributed by atoms with E-state index in [4.69, 9.17) is 0 Å². The molecule has 0 fully saturated rings. The molecule has 2 aromatic carbocycles. The maximum Gasteiger partial charge on any atom is 0.115 e. The third kappa shape index (κ3) is 6.06. The molecule has 2 aromatic rings. The first kappa shape index (κ1) is 18.5. The number of phenols is 1. The third-order valence-corrected chi connectivity index (χ3v) is 3.58. The largest absolute Gasteiger partial charge is 0.508 e. The van der Waals surface area contributed by atoms with Crippen LogP contribution in [0.5, 0.6) is 5.75 Å². The summed E-state index contributed by atoms with van der Waals surface area (Å²) in [6, 6.07) is 17.1. The first-order chi connectivity index (χ1) is 10.1. The molecule has 120 valence electrons. The summed E-state index contributed by atoms with van der Waals surface area (Å²) < 4.78 is 0. The van der Waals surface area contributed by atoms with Gasteiger partial charge in [0.1, 0.15) is 5.75 Å². The summed E-state index contributed by atoms with van der Waals surface area (Å²) in [4.78, 5) is 2.14. The van der Waals surface area contributed by atoms with Gasteiger partial charge in [-0.1, -0.05) is 42.5 Å². The molecule has 0 saturated carbocycles. The van der Waals surface area contributed by atoms with Crippen molar-refractivity contribution in [2.24, 2.45) is 0 Å². The highest BCUT2D eigenvalue weighted by Gasteiger charge is 2.09. The lowest BCUT2D eigenvalue weighted by atomic mass is 10.1. The van der Waals surface area contributed by atoms with Gasteiger partial charge >= 0.3 is 0 Å². The fourth-order valence-electron chi connectivity index (χ4n) is 2.43. The fraction of sp³-hybridized carbons (Fsp3) is 0.333. The van der Waals surface area contributed by atoms with Crippen LogP contribution in [0.1, 0.15) is 23.7 Å². The smallest absolute Gasteiger partial charge is 0.115 e. The minimum Gasteiger partial charge on any atom is -0.508 e. The van der Waals surface area contributed by atoms with E-state index < -0.39 is 6.10 Å². The molecule has 2 rings (SSSR count).